The Morgan fingerprint density at radius 2 is 1.93 bits per heavy atom. The van der Waals surface area contributed by atoms with Crippen LogP contribution in [-0.4, -0.2) is 48.9 Å². The van der Waals surface area contributed by atoms with Crippen molar-refractivity contribution < 1.29 is 14.0 Å². The zero-order valence-electron chi connectivity index (χ0n) is 16.2. The molecule has 8 heteroatoms. The van der Waals surface area contributed by atoms with Crippen molar-refractivity contribution in [2.45, 2.75) is 44.4 Å². The zero-order valence-corrected chi connectivity index (χ0v) is 18.5. The van der Waals surface area contributed by atoms with Crippen molar-refractivity contribution in [3.63, 3.8) is 0 Å². The molecule has 0 spiro atoms. The van der Waals surface area contributed by atoms with Gasteiger partial charge in [-0.2, -0.15) is 0 Å². The van der Waals surface area contributed by atoms with E-state index in [-0.39, 0.29) is 47.0 Å². The Bertz CT molecular complexity index is 721. The van der Waals surface area contributed by atoms with Crippen LogP contribution in [0.15, 0.2) is 29.3 Å². The second kappa shape index (κ2) is 10.2. The van der Waals surface area contributed by atoms with Crippen LogP contribution in [0.1, 0.15) is 44.6 Å². The van der Waals surface area contributed by atoms with E-state index >= 15 is 0 Å². The summed E-state index contributed by atoms with van der Waals surface area (Å²) in [5.41, 5.74) is 0.912. The van der Waals surface area contributed by atoms with Gasteiger partial charge in [-0.3, -0.25) is 19.5 Å². The highest BCUT2D eigenvalue weighted by Crippen LogP contribution is 2.48. The third kappa shape index (κ3) is 5.65. The number of nitrogens with one attached hydrogen (secondary N) is 2. The van der Waals surface area contributed by atoms with Gasteiger partial charge in [0, 0.05) is 37.9 Å². The van der Waals surface area contributed by atoms with E-state index in [9.17, 15) is 14.0 Å². The molecule has 3 rings (SSSR count). The number of guanidine groups is 1. The maximum absolute atomic E-state index is 13.5. The van der Waals surface area contributed by atoms with E-state index in [1.54, 1.807) is 12.1 Å². The summed E-state index contributed by atoms with van der Waals surface area (Å²) in [4.78, 5) is 29.7. The third-order valence-electron chi connectivity index (χ3n) is 5.19. The van der Waals surface area contributed by atoms with Gasteiger partial charge in [0.2, 0.25) is 11.8 Å². The summed E-state index contributed by atoms with van der Waals surface area (Å²) in [6.45, 7) is 4.06. The molecule has 0 aromatic heterocycles. The van der Waals surface area contributed by atoms with E-state index in [1.807, 2.05) is 13.0 Å². The second-order valence-corrected chi connectivity index (χ2v) is 7.21. The number of carbonyl (C=O) groups excluding carboxylic acids is 2. The van der Waals surface area contributed by atoms with Crippen LogP contribution in [0.2, 0.25) is 0 Å². The molecule has 1 saturated carbocycles. The Morgan fingerprint density at radius 3 is 2.54 bits per heavy atom. The van der Waals surface area contributed by atoms with Gasteiger partial charge in [0.05, 0.1) is 6.54 Å². The number of likely N-dealkylation sites (tertiary alicyclic amines) is 1. The molecular weight excluding hydrogens is 474 g/mol. The number of amides is 2. The Morgan fingerprint density at radius 1 is 1.21 bits per heavy atom. The number of rotatable bonds is 7. The SMILES string of the molecule is CCNC(=NCC1(c2cccc(F)c2)CC1)NCCN1C(=O)CCCC1=O.I. The van der Waals surface area contributed by atoms with Gasteiger partial charge >= 0.3 is 0 Å². The van der Waals surface area contributed by atoms with E-state index < -0.39 is 0 Å². The average Bonchev–Trinajstić information content (AvgIpc) is 3.43. The van der Waals surface area contributed by atoms with Gasteiger partial charge in [-0.15, -0.1) is 24.0 Å². The summed E-state index contributed by atoms with van der Waals surface area (Å²) in [5.74, 6) is 0.233. The van der Waals surface area contributed by atoms with Crippen LogP contribution in [-0.2, 0) is 15.0 Å². The quantitative estimate of drug-likeness (QED) is 0.260. The lowest BCUT2D eigenvalue weighted by Gasteiger charge is -2.25. The van der Waals surface area contributed by atoms with Crippen molar-refractivity contribution in [1.29, 1.82) is 0 Å². The molecule has 0 radical (unpaired) electrons. The molecule has 154 valence electrons. The number of benzene rings is 1. The fraction of sp³-hybridized carbons (Fsp3) is 0.550. The van der Waals surface area contributed by atoms with Crippen LogP contribution in [0, 0.1) is 5.82 Å². The van der Waals surface area contributed by atoms with Gasteiger partial charge in [-0.05, 0) is 43.9 Å². The molecule has 2 fully saturated rings. The monoisotopic (exact) mass is 502 g/mol. The minimum Gasteiger partial charge on any atom is -0.357 e. The predicted octanol–water partition coefficient (Wildman–Crippen LogP) is 2.57. The normalized spacial score (nSPS) is 18.5. The number of nitrogens with zero attached hydrogens (tertiary/aromatic N) is 2. The van der Waals surface area contributed by atoms with Crippen molar-refractivity contribution in [3.8, 4) is 0 Å². The number of halogens is 2. The molecule has 1 aromatic rings. The standard InChI is InChI=1S/C20H27FN4O2.HI/c1-2-22-19(23-11-12-25-17(26)7-4-8-18(25)27)24-14-20(9-10-20)15-5-3-6-16(21)13-15;/h3,5-6,13H,2,4,7-12,14H2,1H3,(H2,22,23,24);1H. The first kappa shape index (κ1) is 22.6. The average molecular weight is 502 g/mol. The van der Waals surface area contributed by atoms with Crippen molar-refractivity contribution in [2.75, 3.05) is 26.2 Å². The van der Waals surface area contributed by atoms with Gasteiger partial charge in [0.25, 0.3) is 0 Å². The van der Waals surface area contributed by atoms with E-state index in [0.717, 1.165) is 18.4 Å². The van der Waals surface area contributed by atoms with Crippen molar-refractivity contribution in [3.05, 3.63) is 35.6 Å². The molecule has 2 N–H and O–H groups in total. The molecule has 6 nitrogen and oxygen atoms in total. The maximum atomic E-state index is 13.5. The fourth-order valence-electron chi connectivity index (χ4n) is 3.41. The van der Waals surface area contributed by atoms with E-state index in [4.69, 9.17) is 0 Å². The highest BCUT2D eigenvalue weighted by atomic mass is 127. The summed E-state index contributed by atoms with van der Waals surface area (Å²) < 4.78 is 13.5. The Kier molecular flexibility index (Phi) is 8.21. The summed E-state index contributed by atoms with van der Waals surface area (Å²) >= 11 is 0. The van der Waals surface area contributed by atoms with E-state index in [2.05, 4.69) is 15.6 Å². The number of hydrogen-bond acceptors (Lipinski definition) is 3. The molecule has 1 aromatic carbocycles. The minimum atomic E-state index is -0.219. The largest absolute Gasteiger partial charge is 0.357 e. The molecule has 0 atom stereocenters. The van der Waals surface area contributed by atoms with Crippen LogP contribution in [0.3, 0.4) is 0 Å². The summed E-state index contributed by atoms with van der Waals surface area (Å²) in [6, 6.07) is 6.75. The Labute approximate surface area is 182 Å². The number of imide groups is 1. The highest BCUT2D eigenvalue weighted by molar-refractivity contribution is 14.0. The number of piperidine rings is 1. The van der Waals surface area contributed by atoms with Crippen molar-refractivity contribution >= 4 is 41.8 Å². The lowest BCUT2D eigenvalue weighted by Crippen LogP contribution is -2.46. The molecule has 1 heterocycles. The molecule has 1 aliphatic heterocycles. The molecule has 1 saturated heterocycles. The van der Waals surface area contributed by atoms with Gasteiger partial charge in [0.1, 0.15) is 5.82 Å². The first-order chi connectivity index (χ1) is 13.0. The van der Waals surface area contributed by atoms with Crippen molar-refractivity contribution in [2.24, 2.45) is 4.99 Å². The van der Waals surface area contributed by atoms with Gasteiger partial charge in [-0.1, -0.05) is 12.1 Å². The number of aliphatic imine (C=N–C) groups is 1. The van der Waals surface area contributed by atoms with Crippen molar-refractivity contribution in [1.82, 2.24) is 15.5 Å². The molecule has 0 unspecified atom stereocenters. The topological polar surface area (TPSA) is 73.8 Å². The molecule has 1 aliphatic carbocycles. The number of hydrogen-bond donors (Lipinski definition) is 2. The zero-order chi connectivity index (χ0) is 19.3. The molecule has 2 aliphatic rings. The van der Waals surface area contributed by atoms with Crippen LogP contribution >= 0.6 is 24.0 Å². The van der Waals surface area contributed by atoms with E-state index in [0.29, 0.717) is 51.4 Å². The summed E-state index contributed by atoms with van der Waals surface area (Å²) in [5, 5.41) is 6.37. The van der Waals surface area contributed by atoms with Gasteiger partial charge in [-0.25, -0.2) is 4.39 Å². The van der Waals surface area contributed by atoms with Crippen LogP contribution in [0.25, 0.3) is 0 Å². The third-order valence-corrected chi connectivity index (χ3v) is 5.19. The fourth-order valence-corrected chi connectivity index (χ4v) is 3.41. The highest BCUT2D eigenvalue weighted by Gasteiger charge is 2.44. The second-order valence-electron chi connectivity index (χ2n) is 7.21. The van der Waals surface area contributed by atoms with E-state index in [1.165, 1.54) is 11.0 Å². The Hall–Kier alpha value is -1.71. The smallest absolute Gasteiger partial charge is 0.229 e. The van der Waals surface area contributed by atoms with Crippen LogP contribution in [0.4, 0.5) is 4.39 Å². The lowest BCUT2D eigenvalue weighted by molar-refractivity contribution is -0.147. The summed E-state index contributed by atoms with van der Waals surface area (Å²) in [6.07, 6.45) is 3.52. The van der Waals surface area contributed by atoms with Crippen LogP contribution in [0.5, 0.6) is 0 Å². The first-order valence-corrected chi connectivity index (χ1v) is 9.65. The Balaban J connectivity index is 0.00000280. The molecule has 28 heavy (non-hydrogen) atoms. The van der Waals surface area contributed by atoms with Gasteiger partial charge < -0.3 is 10.6 Å². The summed E-state index contributed by atoms with van der Waals surface area (Å²) in [7, 11) is 0. The molecule has 0 bridgehead atoms. The lowest BCUT2D eigenvalue weighted by atomic mass is 9.96. The van der Waals surface area contributed by atoms with Gasteiger partial charge in [0.15, 0.2) is 5.96 Å². The number of carbonyl (C=O) groups is 2. The minimum absolute atomic E-state index is 0. The first-order valence-electron chi connectivity index (χ1n) is 9.65. The van der Waals surface area contributed by atoms with Crippen LogP contribution < -0.4 is 10.6 Å². The predicted molar refractivity (Wildman–Crippen MR) is 117 cm³/mol. The maximum Gasteiger partial charge on any atom is 0.229 e. The molecule has 2 amide bonds. The molecular formula is C20H28FIN4O2.